The van der Waals surface area contributed by atoms with Crippen LogP contribution in [0.5, 0.6) is 11.9 Å². The number of ether oxygens (including phenoxy) is 2. The lowest BCUT2D eigenvalue weighted by Crippen LogP contribution is -2.14. The SMILES string of the molecule is COc1ncc(-c2ccc3c(Nc4cc(Nc5cc(F)cc(F)c5)cc(C(=O)O)c4)c(C(N)=O)cnc3c2)c(OC)n1. The largest absolute Gasteiger partial charge is 0.480 e. The van der Waals surface area contributed by atoms with Crippen LogP contribution in [0.2, 0.25) is 0 Å². The number of benzene rings is 3. The van der Waals surface area contributed by atoms with Gasteiger partial charge in [-0.05, 0) is 42.0 Å². The normalized spacial score (nSPS) is 10.8. The highest BCUT2D eigenvalue weighted by molar-refractivity contribution is 6.08. The lowest BCUT2D eigenvalue weighted by molar-refractivity contribution is 0.0696. The van der Waals surface area contributed by atoms with Crippen LogP contribution in [0.3, 0.4) is 0 Å². The zero-order valence-electron chi connectivity index (χ0n) is 22.1. The van der Waals surface area contributed by atoms with E-state index in [2.05, 4.69) is 25.6 Å². The van der Waals surface area contributed by atoms with Gasteiger partial charge in [-0.25, -0.2) is 18.6 Å². The van der Waals surface area contributed by atoms with Gasteiger partial charge in [0.25, 0.3) is 5.91 Å². The number of carbonyl (C=O) groups excluding carboxylic acids is 1. The Hall–Kier alpha value is -5.85. The van der Waals surface area contributed by atoms with Crippen molar-refractivity contribution in [1.82, 2.24) is 15.0 Å². The summed E-state index contributed by atoms with van der Waals surface area (Å²) in [5, 5.41) is 16.1. The predicted molar refractivity (Wildman–Crippen MR) is 151 cm³/mol. The van der Waals surface area contributed by atoms with Gasteiger partial charge in [-0.3, -0.25) is 9.78 Å². The molecule has 212 valence electrons. The fourth-order valence-corrected chi connectivity index (χ4v) is 4.32. The molecular weight excluding hydrogens is 550 g/mol. The first-order valence-electron chi connectivity index (χ1n) is 12.2. The Bertz CT molecular complexity index is 1850. The van der Waals surface area contributed by atoms with Gasteiger partial charge in [-0.2, -0.15) is 4.98 Å². The van der Waals surface area contributed by atoms with Crippen molar-refractivity contribution in [3.05, 3.63) is 89.8 Å². The summed E-state index contributed by atoms with van der Waals surface area (Å²) >= 11 is 0. The van der Waals surface area contributed by atoms with Gasteiger partial charge in [0, 0.05) is 40.9 Å². The number of amides is 1. The molecule has 1 amide bonds. The van der Waals surface area contributed by atoms with Crippen LogP contribution < -0.4 is 25.8 Å². The lowest BCUT2D eigenvalue weighted by Gasteiger charge is -2.16. The summed E-state index contributed by atoms with van der Waals surface area (Å²) in [6.07, 6.45) is 2.84. The van der Waals surface area contributed by atoms with Crippen LogP contribution in [0, 0.1) is 11.6 Å². The number of aromatic nitrogens is 3. The number of halogens is 2. The number of nitrogens with zero attached hydrogens (tertiary/aromatic N) is 3. The standard InChI is InChI=1S/C29H22F2N6O5/c1-41-27-22(12-34-29(37-27)42-2)14-3-4-21-24(7-14)33-13-23(26(32)38)25(21)36-19-6-15(28(39)40)5-18(11-19)35-20-9-16(30)8-17(31)10-20/h3-13,35H,1-2H3,(H2,32,38)(H,33,36)(H,39,40). The Morgan fingerprint density at radius 2 is 1.55 bits per heavy atom. The van der Waals surface area contributed by atoms with E-state index in [0.29, 0.717) is 22.0 Å². The number of hydrogen-bond acceptors (Lipinski definition) is 9. The maximum absolute atomic E-state index is 13.7. The first-order valence-corrected chi connectivity index (χ1v) is 12.2. The van der Waals surface area contributed by atoms with Crippen molar-refractivity contribution in [3.63, 3.8) is 0 Å². The molecule has 0 spiro atoms. The first-order chi connectivity index (χ1) is 20.1. The van der Waals surface area contributed by atoms with Gasteiger partial charge in [-0.15, -0.1) is 0 Å². The van der Waals surface area contributed by atoms with E-state index < -0.39 is 23.5 Å². The van der Waals surface area contributed by atoms with Crippen LogP contribution in [-0.2, 0) is 0 Å². The molecule has 0 saturated carbocycles. The van der Waals surface area contributed by atoms with Gasteiger partial charge >= 0.3 is 12.0 Å². The number of methoxy groups -OCH3 is 2. The molecule has 5 aromatic rings. The number of primary amides is 1. The molecule has 0 saturated heterocycles. The topological polar surface area (TPSA) is 162 Å². The average Bonchev–Trinajstić information content (AvgIpc) is 2.95. The highest BCUT2D eigenvalue weighted by atomic mass is 19.1. The Balaban J connectivity index is 1.59. The minimum absolute atomic E-state index is 0.0445. The molecule has 2 heterocycles. The quantitative estimate of drug-likeness (QED) is 0.183. The van der Waals surface area contributed by atoms with Crippen molar-refractivity contribution in [2.75, 3.05) is 24.9 Å². The van der Waals surface area contributed by atoms with Crippen LogP contribution >= 0.6 is 0 Å². The number of hydrogen-bond donors (Lipinski definition) is 4. The second-order valence-electron chi connectivity index (χ2n) is 8.94. The number of carboxylic acids is 1. The third kappa shape index (κ3) is 5.70. The second-order valence-corrected chi connectivity index (χ2v) is 8.94. The number of nitrogens with one attached hydrogen (secondary N) is 2. The number of carboxylic acid groups (broad SMARTS) is 1. The summed E-state index contributed by atoms with van der Waals surface area (Å²) in [5.74, 6) is -3.36. The molecule has 11 nitrogen and oxygen atoms in total. The van der Waals surface area contributed by atoms with Crippen molar-refractivity contribution in [3.8, 4) is 23.0 Å². The summed E-state index contributed by atoms with van der Waals surface area (Å²) in [6.45, 7) is 0. The second kappa shape index (κ2) is 11.3. The Labute approximate surface area is 237 Å². The van der Waals surface area contributed by atoms with Crippen molar-refractivity contribution in [2.24, 2.45) is 5.73 Å². The van der Waals surface area contributed by atoms with Crippen molar-refractivity contribution in [2.45, 2.75) is 0 Å². The molecule has 0 atom stereocenters. The van der Waals surface area contributed by atoms with Crippen LogP contribution in [0.15, 0.2) is 67.0 Å². The molecule has 3 aromatic carbocycles. The Kier molecular flexibility index (Phi) is 7.47. The minimum atomic E-state index is -1.25. The van der Waals surface area contributed by atoms with E-state index in [-0.39, 0.29) is 45.8 Å². The van der Waals surface area contributed by atoms with E-state index in [0.717, 1.165) is 18.2 Å². The van der Waals surface area contributed by atoms with Crippen molar-refractivity contribution < 1.29 is 33.0 Å². The summed E-state index contributed by atoms with van der Waals surface area (Å²) < 4.78 is 37.9. The molecule has 0 aliphatic heterocycles. The van der Waals surface area contributed by atoms with E-state index >= 15 is 0 Å². The third-order valence-electron chi connectivity index (χ3n) is 6.15. The third-order valence-corrected chi connectivity index (χ3v) is 6.15. The first kappa shape index (κ1) is 27.7. The zero-order valence-corrected chi connectivity index (χ0v) is 22.1. The van der Waals surface area contributed by atoms with E-state index in [1.54, 1.807) is 24.4 Å². The molecule has 0 aliphatic carbocycles. The minimum Gasteiger partial charge on any atom is -0.480 e. The molecule has 0 bridgehead atoms. The van der Waals surface area contributed by atoms with Gasteiger partial charge < -0.3 is 30.9 Å². The maximum Gasteiger partial charge on any atom is 0.335 e. The molecule has 13 heteroatoms. The van der Waals surface area contributed by atoms with Gasteiger partial charge in [-0.1, -0.05) is 12.1 Å². The van der Waals surface area contributed by atoms with Gasteiger partial charge in [0.1, 0.15) is 11.6 Å². The average molecular weight is 573 g/mol. The molecule has 5 rings (SSSR count). The highest BCUT2D eigenvalue weighted by Gasteiger charge is 2.18. The highest BCUT2D eigenvalue weighted by Crippen LogP contribution is 2.35. The monoisotopic (exact) mass is 572 g/mol. The van der Waals surface area contributed by atoms with E-state index in [1.807, 2.05) is 0 Å². The van der Waals surface area contributed by atoms with Crippen molar-refractivity contribution in [1.29, 1.82) is 0 Å². The number of pyridine rings is 1. The summed E-state index contributed by atoms with van der Waals surface area (Å²) in [5.41, 5.74) is 8.04. The molecule has 0 fully saturated rings. The lowest BCUT2D eigenvalue weighted by atomic mass is 10.0. The molecule has 5 N–H and O–H groups in total. The number of nitrogens with two attached hydrogens (primary N) is 1. The van der Waals surface area contributed by atoms with Crippen LogP contribution in [-0.4, -0.2) is 46.2 Å². The van der Waals surface area contributed by atoms with E-state index in [9.17, 15) is 23.5 Å². The fraction of sp³-hybridized carbons (Fsp3) is 0.0690. The number of rotatable bonds is 9. The van der Waals surface area contributed by atoms with E-state index in [1.165, 1.54) is 38.6 Å². The molecule has 0 radical (unpaired) electrons. The summed E-state index contributed by atoms with van der Waals surface area (Å²) in [6, 6.07) is 12.3. The number of fused-ring (bicyclic) bond motifs is 1. The van der Waals surface area contributed by atoms with E-state index in [4.69, 9.17) is 15.2 Å². The molecule has 42 heavy (non-hydrogen) atoms. The number of carbonyl (C=O) groups is 2. The Morgan fingerprint density at radius 3 is 2.19 bits per heavy atom. The number of anilines is 4. The smallest absolute Gasteiger partial charge is 0.335 e. The van der Waals surface area contributed by atoms with Crippen LogP contribution in [0.25, 0.3) is 22.0 Å². The fourth-order valence-electron chi connectivity index (χ4n) is 4.32. The van der Waals surface area contributed by atoms with Crippen LogP contribution in [0.1, 0.15) is 20.7 Å². The van der Waals surface area contributed by atoms with Gasteiger partial charge in [0.05, 0.1) is 42.1 Å². The Morgan fingerprint density at radius 1 is 0.857 bits per heavy atom. The molecular formula is C29H22F2N6O5. The number of aromatic carboxylic acids is 1. The zero-order chi connectivity index (χ0) is 30.0. The molecule has 0 unspecified atom stereocenters. The molecule has 2 aromatic heterocycles. The van der Waals surface area contributed by atoms with Crippen molar-refractivity contribution >= 4 is 45.5 Å². The van der Waals surface area contributed by atoms with Gasteiger partial charge in [0.2, 0.25) is 5.88 Å². The summed E-state index contributed by atoms with van der Waals surface area (Å²) in [4.78, 5) is 37.0. The summed E-state index contributed by atoms with van der Waals surface area (Å²) in [7, 11) is 2.90. The van der Waals surface area contributed by atoms with Crippen LogP contribution in [0.4, 0.5) is 31.5 Å². The predicted octanol–water partition coefficient (Wildman–Crippen LogP) is 5.27. The maximum atomic E-state index is 13.7. The molecule has 0 aliphatic rings. The van der Waals surface area contributed by atoms with Gasteiger partial charge in [0.15, 0.2) is 0 Å².